The van der Waals surface area contributed by atoms with Gasteiger partial charge in [0.2, 0.25) is 0 Å². The van der Waals surface area contributed by atoms with Gasteiger partial charge in [-0.1, -0.05) is 0 Å². The summed E-state index contributed by atoms with van der Waals surface area (Å²) < 4.78 is 0. The van der Waals surface area contributed by atoms with Gasteiger partial charge < -0.3 is 16.0 Å². The van der Waals surface area contributed by atoms with Gasteiger partial charge in [0.15, 0.2) is 0 Å². The monoisotopic (exact) mass is 243 g/mol. The third kappa shape index (κ3) is 3.87. The molecule has 0 aromatic rings. The highest BCUT2D eigenvalue weighted by Crippen LogP contribution is 2.16. The minimum Gasteiger partial charge on any atom is -0.335 e. The Hall–Kier alpha value is -0.420. The third-order valence-corrected chi connectivity index (χ3v) is 4.34. The van der Waals surface area contributed by atoms with Gasteiger partial charge in [0, 0.05) is 24.4 Å². The lowest BCUT2D eigenvalue weighted by Gasteiger charge is -2.27. The SMILES string of the molecule is O=C(NC1CCCNC1)NC1CCCSC1. The van der Waals surface area contributed by atoms with Crippen molar-refractivity contribution in [2.75, 3.05) is 24.6 Å². The van der Waals surface area contributed by atoms with Crippen molar-refractivity contribution < 1.29 is 4.79 Å². The predicted octanol–water partition coefficient (Wildman–Crippen LogP) is 0.933. The molecule has 2 unspecified atom stereocenters. The van der Waals surface area contributed by atoms with E-state index < -0.39 is 0 Å². The number of carbonyl (C=O) groups is 1. The maximum absolute atomic E-state index is 11.7. The van der Waals surface area contributed by atoms with E-state index in [1.807, 2.05) is 11.8 Å². The zero-order valence-corrected chi connectivity index (χ0v) is 10.4. The second-order valence-corrected chi connectivity index (χ2v) is 5.72. The lowest BCUT2D eigenvalue weighted by molar-refractivity contribution is 0.230. The molecule has 2 atom stereocenters. The molecule has 0 radical (unpaired) electrons. The Labute approximate surface area is 101 Å². The average molecular weight is 243 g/mol. The van der Waals surface area contributed by atoms with Crippen LogP contribution in [0.4, 0.5) is 4.79 Å². The average Bonchev–Trinajstić information content (AvgIpc) is 2.31. The number of hydrogen-bond donors (Lipinski definition) is 3. The Bertz CT molecular complexity index is 203. The first kappa shape index (κ1) is 12.0. The van der Waals surface area contributed by atoms with Gasteiger partial charge in [0.1, 0.15) is 0 Å². The molecule has 0 bridgehead atoms. The van der Waals surface area contributed by atoms with Crippen molar-refractivity contribution >= 4 is 17.8 Å². The summed E-state index contributed by atoms with van der Waals surface area (Å²) in [4.78, 5) is 11.7. The molecule has 2 rings (SSSR count). The second-order valence-electron chi connectivity index (χ2n) is 4.58. The number of urea groups is 1. The minimum atomic E-state index is 0.0150. The highest BCUT2D eigenvalue weighted by molar-refractivity contribution is 7.99. The van der Waals surface area contributed by atoms with Crippen LogP contribution >= 0.6 is 11.8 Å². The van der Waals surface area contributed by atoms with Crippen LogP contribution in [0.1, 0.15) is 25.7 Å². The molecule has 2 aliphatic heterocycles. The smallest absolute Gasteiger partial charge is 0.315 e. The number of hydrogen-bond acceptors (Lipinski definition) is 3. The second kappa shape index (κ2) is 6.35. The number of carbonyl (C=O) groups excluding carboxylic acids is 1. The fourth-order valence-corrected chi connectivity index (χ4v) is 3.31. The Morgan fingerprint density at radius 1 is 1.19 bits per heavy atom. The summed E-state index contributed by atoms with van der Waals surface area (Å²) in [7, 11) is 0. The zero-order chi connectivity index (χ0) is 11.2. The number of piperidine rings is 1. The van der Waals surface area contributed by atoms with Crippen LogP contribution in [0.3, 0.4) is 0 Å². The van der Waals surface area contributed by atoms with Gasteiger partial charge in [-0.3, -0.25) is 0 Å². The van der Waals surface area contributed by atoms with E-state index in [-0.39, 0.29) is 6.03 Å². The van der Waals surface area contributed by atoms with E-state index >= 15 is 0 Å². The summed E-state index contributed by atoms with van der Waals surface area (Å²) in [5, 5.41) is 9.41. The molecule has 0 saturated carbocycles. The molecule has 2 fully saturated rings. The number of amides is 2. The minimum absolute atomic E-state index is 0.0150. The highest BCUT2D eigenvalue weighted by atomic mass is 32.2. The molecule has 5 heteroatoms. The van der Waals surface area contributed by atoms with E-state index in [1.54, 1.807) is 0 Å². The van der Waals surface area contributed by atoms with Crippen molar-refractivity contribution in [1.82, 2.24) is 16.0 Å². The Morgan fingerprint density at radius 3 is 2.69 bits per heavy atom. The first-order chi connectivity index (χ1) is 7.84. The molecule has 0 aromatic heterocycles. The van der Waals surface area contributed by atoms with Crippen molar-refractivity contribution in [1.29, 1.82) is 0 Å². The van der Waals surface area contributed by atoms with Gasteiger partial charge in [0.25, 0.3) is 0 Å². The topological polar surface area (TPSA) is 53.2 Å². The molecule has 92 valence electrons. The molecule has 2 heterocycles. The molecule has 0 spiro atoms. The summed E-state index contributed by atoms with van der Waals surface area (Å²) in [6.45, 7) is 1.99. The first-order valence-electron chi connectivity index (χ1n) is 6.20. The summed E-state index contributed by atoms with van der Waals surface area (Å²) in [6.07, 6.45) is 4.61. The quantitative estimate of drug-likeness (QED) is 0.676. The van der Waals surface area contributed by atoms with Crippen LogP contribution in [0, 0.1) is 0 Å². The van der Waals surface area contributed by atoms with Gasteiger partial charge >= 0.3 is 6.03 Å². The Balaban J connectivity index is 1.66. The van der Waals surface area contributed by atoms with Crippen LogP contribution in [-0.4, -0.2) is 42.7 Å². The molecule has 2 aliphatic rings. The van der Waals surface area contributed by atoms with E-state index in [4.69, 9.17) is 0 Å². The van der Waals surface area contributed by atoms with Gasteiger partial charge in [-0.05, 0) is 38.0 Å². The Kier molecular flexibility index (Phi) is 4.78. The molecular formula is C11H21N3OS. The molecule has 2 amide bonds. The largest absolute Gasteiger partial charge is 0.335 e. The van der Waals surface area contributed by atoms with Gasteiger partial charge in [-0.15, -0.1) is 0 Å². The number of nitrogens with one attached hydrogen (secondary N) is 3. The van der Waals surface area contributed by atoms with Gasteiger partial charge in [-0.2, -0.15) is 11.8 Å². The summed E-state index contributed by atoms with van der Waals surface area (Å²) >= 11 is 1.94. The highest BCUT2D eigenvalue weighted by Gasteiger charge is 2.19. The molecule has 0 aliphatic carbocycles. The first-order valence-corrected chi connectivity index (χ1v) is 7.35. The van der Waals surface area contributed by atoms with Crippen molar-refractivity contribution in [2.24, 2.45) is 0 Å². The van der Waals surface area contributed by atoms with Crippen molar-refractivity contribution in [3.05, 3.63) is 0 Å². The summed E-state index contributed by atoms with van der Waals surface area (Å²) in [6, 6.07) is 0.696. The fourth-order valence-electron chi connectivity index (χ4n) is 2.24. The fraction of sp³-hybridized carbons (Fsp3) is 0.909. The molecule has 16 heavy (non-hydrogen) atoms. The van der Waals surface area contributed by atoms with Crippen LogP contribution in [-0.2, 0) is 0 Å². The lowest BCUT2D eigenvalue weighted by atomic mass is 10.1. The van der Waals surface area contributed by atoms with Crippen molar-refractivity contribution in [3.63, 3.8) is 0 Å². The number of rotatable bonds is 2. The maximum atomic E-state index is 11.7. The van der Waals surface area contributed by atoms with Crippen LogP contribution in [0.15, 0.2) is 0 Å². The van der Waals surface area contributed by atoms with E-state index in [0.717, 1.165) is 38.1 Å². The molecule has 2 saturated heterocycles. The zero-order valence-electron chi connectivity index (χ0n) is 9.63. The summed E-state index contributed by atoms with van der Waals surface area (Å²) in [5.74, 6) is 2.31. The normalized spacial score (nSPS) is 30.8. The standard InChI is InChI=1S/C11H21N3OS/c15-11(13-9-3-1-5-12-7-9)14-10-4-2-6-16-8-10/h9-10,12H,1-8H2,(H2,13,14,15). The molecular weight excluding hydrogens is 222 g/mol. The molecule has 4 nitrogen and oxygen atoms in total. The lowest BCUT2D eigenvalue weighted by Crippen LogP contribution is -2.51. The molecule has 0 aromatic carbocycles. The third-order valence-electron chi connectivity index (χ3n) is 3.13. The van der Waals surface area contributed by atoms with E-state index in [0.29, 0.717) is 12.1 Å². The van der Waals surface area contributed by atoms with E-state index in [2.05, 4.69) is 16.0 Å². The summed E-state index contributed by atoms with van der Waals surface area (Å²) in [5.41, 5.74) is 0. The Morgan fingerprint density at radius 2 is 2.00 bits per heavy atom. The van der Waals surface area contributed by atoms with Gasteiger partial charge in [0.05, 0.1) is 0 Å². The molecule has 3 N–H and O–H groups in total. The maximum Gasteiger partial charge on any atom is 0.315 e. The van der Waals surface area contributed by atoms with Gasteiger partial charge in [-0.25, -0.2) is 4.79 Å². The van der Waals surface area contributed by atoms with Crippen molar-refractivity contribution in [2.45, 2.75) is 37.8 Å². The van der Waals surface area contributed by atoms with Crippen molar-refractivity contribution in [3.8, 4) is 0 Å². The number of thioether (sulfide) groups is 1. The van der Waals surface area contributed by atoms with Crippen LogP contribution in [0.5, 0.6) is 0 Å². The van der Waals surface area contributed by atoms with Crippen LogP contribution in [0.2, 0.25) is 0 Å². The predicted molar refractivity (Wildman–Crippen MR) is 67.9 cm³/mol. The van der Waals surface area contributed by atoms with E-state index in [9.17, 15) is 4.79 Å². The van der Waals surface area contributed by atoms with Crippen LogP contribution < -0.4 is 16.0 Å². The van der Waals surface area contributed by atoms with Crippen LogP contribution in [0.25, 0.3) is 0 Å². The van der Waals surface area contributed by atoms with E-state index in [1.165, 1.54) is 12.2 Å².